The summed E-state index contributed by atoms with van der Waals surface area (Å²) in [5.74, 6) is 0.0296. The fourth-order valence-corrected chi connectivity index (χ4v) is 3.90. The van der Waals surface area contributed by atoms with E-state index in [1.54, 1.807) is 35.3 Å². The Bertz CT molecular complexity index is 1270. The van der Waals surface area contributed by atoms with Gasteiger partial charge in [0.25, 0.3) is 5.91 Å². The molecule has 0 spiro atoms. The Morgan fingerprint density at radius 2 is 2.00 bits per heavy atom. The summed E-state index contributed by atoms with van der Waals surface area (Å²) >= 11 is 1.39. The Morgan fingerprint density at radius 3 is 2.71 bits per heavy atom. The largest absolute Gasteiger partial charge is 0.497 e. The van der Waals surface area contributed by atoms with Crippen LogP contribution in [0.5, 0.6) is 5.75 Å². The summed E-state index contributed by atoms with van der Waals surface area (Å²) in [6.45, 7) is 1.19. The molecule has 2 aromatic heterocycles. The number of hydrogen-bond acceptors (Lipinski definition) is 7. The summed E-state index contributed by atoms with van der Waals surface area (Å²) in [5.41, 5.74) is 2.93. The molecule has 4 rings (SSSR count). The van der Waals surface area contributed by atoms with Gasteiger partial charge in [-0.25, -0.2) is 9.78 Å². The smallest absolute Gasteiger partial charge is 0.419 e. The van der Waals surface area contributed by atoms with Gasteiger partial charge in [0.2, 0.25) is 0 Å². The Hall–Kier alpha value is -3.43. The minimum Gasteiger partial charge on any atom is -0.497 e. The molecular weight excluding hydrogens is 416 g/mol. The van der Waals surface area contributed by atoms with Crippen LogP contribution in [0.4, 0.5) is 5.69 Å². The second-order valence-corrected chi connectivity index (χ2v) is 8.08. The molecule has 1 amide bonds. The number of thiazole rings is 1. The number of carbonyl (C=O) groups excluding carboxylic acids is 1. The summed E-state index contributed by atoms with van der Waals surface area (Å²) < 4.78 is 12.0. The van der Waals surface area contributed by atoms with Crippen LogP contribution in [0.25, 0.3) is 21.7 Å². The van der Waals surface area contributed by atoms with E-state index < -0.39 is 5.76 Å². The van der Waals surface area contributed by atoms with Gasteiger partial charge in [-0.3, -0.25) is 9.36 Å². The van der Waals surface area contributed by atoms with E-state index in [4.69, 9.17) is 9.15 Å². The number of oxazole rings is 1. The number of amides is 1. The summed E-state index contributed by atoms with van der Waals surface area (Å²) in [4.78, 5) is 31.3. The highest BCUT2D eigenvalue weighted by molar-refractivity contribution is 7.13. The molecule has 0 atom stereocenters. The molecule has 0 saturated carbocycles. The molecule has 0 fully saturated rings. The molecule has 0 aliphatic rings. The van der Waals surface area contributed by atoms with Crippen LogP contribution in [0.3, 0.4) is 0 Å². The molecule has 31 heavy (non-hydrogen) atoms. The first-order chi connectivity index (χ1) is 14.9. The van der Waals surface area contributed by atoms with Gasteiger partial charge in [-0.1, -0.05) is 0 Å². The highest BCUT2D eigenvalue weighted by atomic mass is 32.1. The number of nitrogens with zero attached hydrogens (tertiary/aromatic N) is 3. The number of likely N-dealkylation sites (N-methyl/N-ethyl adjacent to an activating group) is 1. The fraction of sp³-hybridized carbons (Fsp3) is 0.227. The van der Waals surface area contributed by atoms with Crippen molar-refractivity contribution < 1.29 is 13.9 Å². The molecule has 0 bridgehead atoms. The second-order valence-electron chi connectivity index (χ2n) is 7.23. The van der Waals surface area contributed by atoms with Crippen LogP contribution in [0.1, 0.15) is 10.5 Å². The standard InChI is InChI=1S/C22H22N4O4S/c1-25(2)10-11-26-18-12-15(6-9-19(18)30-22(26)28)23-20(27)17-13-31-21(24-17)14-4-7-16(29-3)8-5-14/h4-9,12-13H,10-11H2,1-3H3,(H,23,27). The van der Waals surface area contributed by atoms with Gasteiger partial charge in [-0.15, -0.1) is 11.3 Å². The quantitative estimate of drug-likeness (QED) is 0.475. The number of aromatic nitrogens is 2. The first-order valence-electron chi connectivity index (χ1n) is 9.64. The molecule has 0 radical (unpaired) electrons. The number of fused-ring (bicyclic) bond motifs is 1. The number of methoxy groups -OCH3 is 1. The van der Waals surface area contributed by atoms with Crippen molar-refractivity contribution in [3.05, 3.63) is 64.1 Å². The monoisotopic (exact) mass is 438 g/mol. The van der Waals surface area contributed by atoms with Crippen molar-refractivity contribution in [1.82, 2.24) is 14.5 Å². The topological polar surface area (TPSA) is 89.6 Å². The molecule has 0 aliphatic heterocycles. The minimum atomic E-state index is -0.413. The lowest BCUT2D eigenvalue weighted by Gasteiger charge is -2.09. The average molecular weight is 439 g/mol. The molecule has 1 N–H and O–H groups in total. The van der Waals surface area contributed by atoms with E-state index in [0.29, 0.717) is 35.6 Å². The average Bonchev–Trinajstić information content (AvgIpc) is 3.37. The third kappa shape index (κ3) is 4.52. The van der Waals surface area contributed by atoms with Crippen molar-refractivity contribution in [2.24, 2.45) is 0 Å². The number of rotatable bonds is 7. The van der Waals surface area contributed by atoms with Gasteiger partial charge in [0, 0.05) is 29.7 Å². The lowest BCUT2D eigenvalue weighted by atomic mass is 10.2. The number of benzene rings is 2. The highest BCUT2D eigenvalue weighted by Crippen LogP contribution is 2.26. The Morgan fingerprint density at radius 1 is 1.23 bits per heavy atom. The fourth-order valence-electron chi connectivity index (χ4n) is 3.09. The van der Waals surface area contributed by atoms with Gasteiger partial charge in [-0.2, -0.15) is 0 Å². The molecule has 4 aromatic rings. The van der Waals surface area contributed by atoms with Crippen molar-refractivity contribution in [3.8, 4) is 16.3 Å². The Labute approximate surface area is 182 Å². The number of nitrogens with one attached hydrogen (secondary N) is 1. The molecule has 2 aromatic carbocycles. The molecule has 9 heteroatoms. The van der Waals surface area contributed by atoms with E-state index in [9.17, 15) is 9.59 Å². The number of carbonyl (C=O) groups is 1. The predicted molar refractivity (Wildman–Crippen MR) is 121 cm³/mol. The zero-order valence-corrected chi connectivity index (χ0v) is 18.2. The predicted octanol–water partition coefficient (Wildman–Crippen LogP) is 3.54. The highest BCUT2D eigenvalue weighted by Gasteiger charge is 2.15. The van der Waals surface area contributed by atoms with Crippen molar-refractivity contribution in [2.75, 3.05) is 33.1 Å². The normalized spacial score (nSPS) is 11.2. The second kappa shape index (κ2) is 8.75. The van der Waals surface area contributed by atoms with E-state index in [0.717, 1.165) is 16.3 Å². The van der Waals surface area contributed by atoms with E-state index in [2.05, 4.69) is 10.3 Å². The van der Waals surface area contributed by atoms with Crippen LogP contribution in [0.15, 0.2) is 57.1 Å². The molecule has 2 heterocycles. The maximum absolute atomic E-state index is 12.7. The van der Waals surface area contributed by atoms with Gasteiger partial charge in [-0.05, 0) is 56.6 Å². The van der Waals surface area contributed by atoms with Crippen LogP contribution < -0.4 is 15.8 Å². The van der Waals surface area contributed by atoms with Gasteiger partial charge >= 0.3 is 5.76 Å². The van der Waals surface area contributed by atoms with Crippen LogP contribution >= 0.6 is 11.3 Å². The van der Waals surface area contributed by atoms with E-state index in [-0.39, 0.29) is 5.91 Å². The SMILES string of the molecule is COc1ccc(-c2nc(C(=O)Nc3ccc4oc(=O)n(CCN(C)C)c4c3)cs2)cc1. The maximum Gasteiger partial charge on any atom is 0.419 e. The molecular formula is C22H22N4O4S. The van der Waals surface area contributed by atoms with Crippen molar-refractivity contribution in [1.29, 1.82) is 0 Å². The molecule has 8 nitrogen and oxygen atoms in total. The van der Waals surface area contributed by atoms with Crippen LogP contribution in [0.2, 0.25) is 0 Å². The zero-order valence-electron chi connectivity index (χ0n) is 17.4. The number of hydrogen-bond donors (Lipinski definition) is 1. The van der Waals surface area contributed by atoms with Crippen LogP contribution in [-0.2, 0) is 6.54 Å². The molecule has 160 valence electrons. The lowest BCUT2D eigenvalue weighted by Crippen LogP contribution is -2.23. The number of anilines is 1. The first-order valence-corrected chi connectivity index (χ1v) is 10.5. The Kier molecular flexibility index (Phi) is 5.88. The van der Waals surface area contributed by atoms with Gasteiger partial charge in [0.15, 0.2) is 5.58 Å². The molecule has 0 saturated heterocycles. The minimum absolute atomic E-state index is 0.318. The summed E-state index contributed by atoms with van der Waals surface area (Å²) in [5, 5.41) is 5.32. The van der Waals surface area contributed by atoms with Gasteiger partial charge < -0.3 is 19.4 Å². The third-order valence-electron chi connectivity index (χ3n) is 4.77. The first kappa shape index (κ1) is 20.8. The maximum atomic E-state index is 12.7. The van der Waals surface area contributed by atoms with Crippen molar-refractivity contribution >= 4 is 34.0 Å². The van der Waals surface area contributed by atoms with E-state index in [1.807, 2.05) is 43.3 Å². The van der Waals surface area contributed by atoms with Crippen LogP contribution in [0, 0.1) is 0 Å². The van der Waals surface area contributed by atoms with Crippen molar-refractivity contribution in [3.63, 3.8) is 0 Å². The summed E-state index contributed by atoms with van der Waals surface area (Å²) in [6, 6.07) is 12.6. The summed E-state index contributed by atoms with van der Waals surface area (Å²) in [6.07, 6.45) is 0. The van der Waals surface area contributed by atoms with E-state index in [1.165, 1.54) is 11.3 Å². The summed E-state index contributed by atoms with van der Waals surface area (Å²) in [7, 11) is 5.49. The van der Waals surface area contributed by atoms with Gasteiger partial charge in [0.1, 0.15) is 16.5 Å². The number of ether oxygens (including phenoxy) is 1. The van der Waals surface area contributed by atoms with Gasteiger partial charge in [0.05, 0.1) is 12.6 Å². The Balaban J connectivity index is 1.53. The molecule has 0 unspecified atom stereocenters. The van der Waals surface area contributed by atoms with E-state index >= 15 is 0 Å². The third-order valence-corrected chi connectivity index (χ3v) is 5.66. The van der Waals surface area contributed by atoms with Crippen molar-refractivity contribution in [2.45, 2.75) is 6.54 Å². The molecule has 0 aliphatic carbocycles. The lowest BCUT2D eigenvalue weighted by molar-refractivity contribution is 0.102. The van der Waals surface area contributed by atoms with Crippen LogP contribution in [-0.4, -0.2) is 48.1 Å². The zero-order chi connectivity index (χ0) is 22.0.